The minimum atomic E-state index is -4.48. The van der Waals surface area contributed by atoms with Crippen molar-refractivity contribution >= 4 is 19.6 Å². The fourth-order valence-electron chi connectivity index (χ4n) is 12.0. The van der Waals surface area contributed by atoms with Crippen LogP contribution >= 0.6 is 7.82 Å². The van der Waals surface area contributed by atoms with Gasteiger partial charge in [0.25, 0.3) is 0 Å². The number of phosphoric ester groups is 1. The van der Waals surface area contributed by atoms with Gasteiger partial charge in [-0.25, -0.2) is 4.57 Å². The van der Waals surface area contributed by atoms with E-state index < -0.39 is 13.2 Å². The third-order valence-corrected chi connectivity index (χ3v) is 14.8. The molecule has 42 heavy (non-hydrogen) atoms. The lowest BCUT2D eigenvalue weighted by atomic mass is 9.32. The number of rotatable bonds is 8. The highest BCUT2D eigenvalue weighted by atomic mass is 31.2. The first-order chi connectivity index (χ1) is 19.4. The van der Waals surface area contributed by atoms with Gasteiger partial charge in [-0.05, 0) is 123 Å². The van der Waals surface area contributed by atoms with Crippen molar-refractivity contribution in [3.63, 3.8) is 0 Å². The number of carbonyl (C=O) groups is 2. The van der Waals surface area contributed by atoms with E-state index in [9.17, 15) is 14.2 Å². The summed E-state index contributed by atoms with van der Waals surface area (Å²) in [6, 6.07) is 0. The summed E-state index contributed by atoms with van der Waals surface area (Å²) in [4.78, 5) is 44.8. The lowest BCUT2D eigenvalue weighted by Gasteiger charge is -2.72. The SMILES string of the molecule is C=C(C)[C@@H]1CC[C@]2(C(=O)OCCCCOP(=O)(O)O)CC[C@]3(C)[C@H](CC[C@@H]4[C@@]5(C)CCC(=O)C(C)(C)[C@@H]5CC[C@]43C)[C@@H]12. The van der Waals surface area contributed by atoms with Crippen LogP contribution in [0.5, 0.6) is 0 Å². The van der Waals surface area contributed by atoms with Gasteiger partial charge in [0.05, 0.1) is 18.6 Å². The van der Waals surface area contributed by atoms with Gasteiger partial charge >= 0.3 is 13.8 Å². The Morgan fingerprint density at radius 3 is 2.26 bits per heavy atom. The van der Waals surface area contributed by atoms with E-state index in [2.05, 4.69) is 52.6 Å². The zero-order chi connectivity index (χ0) is 30.9. The van der Waals surface area contributed by atoms with Gasteiger partial charge in [0, 0.05) is 11.8 Å². The highest BCUT2D eigenvalue weighted by molar-refractivity contribution is 7.46. The maximum atomic E-state index is 14.0. The molecule has 0 saturated heterocycles. The first kappa shape index (κ1) is 32.4. The number of fused-ring (bicyclic) bond motifs is 7. The monoisotopic (exact) mass is 606 g/mol. The molecule has 0 bridgehead atoms. The number of ether oxygens (including phenoxy) is 1. The Labute approximate surface area is 253 Å². The summed E-state index contributed by atoms with van der Waals surface area (Å²) in [6.07, 6.45) is 10.9. The van der Waals surface area contributed by atoms with Crippen molar-refractivity contribution in [2.24, 2.45) is 56.7 Å². The number of hydrogen-bond acceptors (Lipinski definition) is 5. The fourth-order valence-corrected chi connectivity index (χ4v) is 12.4. The minimum Gasteiger partial charge on any atom is -0.465 e. The molecule has 5 rings (SSSR count). The Morgan fingerprint density at radius 1 is 0.905 bits per heavy atom. The predicted octanol–water partition coefficient (Wildman–Crippen LogP) is 7.65. The largest absolute Gasteiger partial charge is 0.469 e. The molecule has 0 spiro atoms. The maximum absolute atomic E-state index is 14.0. The second kappa shape index (κ2) is 10.8. The fraction of sp³-hybridized carbons (Fsp3) is 0.882. The third kappa shape index (κ3) is 4.83. The van der Waals surface area contributed by atoms with Crippen molar-refractivity contribution < 1.29 is 33.2 Å². The Kier molecular flexibility index (Phi) is 8.34. The van der Waals surface area contributed by atoms with Crippen LogP contribution in [0, 0.1) is 56.7 Å². The average Bonchev–Trinajstić information content (AvgIpc) is 3.29. The molecule has 7 nitrogen and oxygen atoms in total. The van der Waals surface area contributed by atoms with Gasteiger partial charge < -0.3 is 14.5 Å². The van der Waals surface area contributed by atoms with Gasteiger partial charge in [-0.15, -0.1) is 0 Å². The van der Waals surface area contributed by atoms with E-state index in [1.54, 1.807) is 0 Å². The highest BCUT2D eigenvalue weighted by Crippen LogP contribution is 2.77. The summed E-state index contributed by atoms with van der Waals surface area (Å²) in [7, 11) is -4.48. The Morgan fingerprint density at radius 2 is 1.60 bits per heavy atom. The highest BCUT2D eigenvalue weighted by Gasteiger charge is 2.72. The molecule has 5 aliphatic carbocycles. The van der Waals surface area contributed by atoms with Crippen LogP contribution in [0.4, 0.5) is 0 Å². The maximum Gasteiger partial charge on any atom is 0.469 e. The summed E-state index contributed by atoms with van der Waals surface area (Å²) in [5.74, 6) is 2.35. The van der Waals surface area contributed by atoms with Crippen LogP contribution in [0.15, 0.2) is 12.2 Å². The van der Waals surface area contributed by atoms with Crippen molar-refractivity contribution in [2.75, 3.05) is 13.2 Å². The molecule has 0 aliphatic heterocycles. The molecule has 5 fully saturated rings. The quantitative estimate of drug-likeness (QED) is 0.126. The summed E-state index contributed by atoms with van der Waals surface area (Å²) in [5.41, 5.74) is 0.884. The van der Waals surface area contributed by atoms with Crippen molar-refractivity contribution in [3.05, 3.63) is 12.2 Å². The van der Waals surface area contributed by atoms with Crippen molar-refractivity contribution in [2.45, 2.75) is 119 Å². The molecular formula is C34H55O7P. The molecule has 9 atom stereocenters. The number of Topliss-reactive ketones (excluding diaryl/α,β-unsaturated/α-hetero) is 1. The summed E-state index contributed by atoms with van der Waals surface area (Å²) >= 11 is 0. The van der Waals surface area contributed by atoms with Crippen LogP contribution in [0.1, 0.15) is 119 Å². The zero-order valence-electron chi connectivity index (χ0n) is 26.9. The van der Waals surface area contributed by atoms with Gasteiger partial charge in [0.2, 0.25) is 0 Å². The molecular weight excluding hydrogens is 551 g/mol. The molecule has 0 unspecified atom stereocenters. The van der Waals surface area contributed by atoms with E-state index in [1.165, 1.54) is 5.57 Å². The molecule has 5 saturated carbocycles. The standard InChI is InChI=1S/C34H55O7P/c1-22(2)23-12-17-34(29(36)40-20-8-9-21-41-42(37,38)39)19-18-32(6)24(28(23)34)10-11-26-31(5)15-14-27(35)30(3,4)25(31)13-16-33(26,32)7/h23-26,28H,1,8-21H2,2-7H3,(H2,37,38,39)/t23-,24+,25-,26+,28+,31-,32+,33+,34-/m0/s1. The van der Waals surface area contributed by atoms with Crippen LogP contribution in [-0.2, 0) is 23.4 Å². The second-order valence-corrected chi connectivity index (χ2v) is 17.4. The second-order valence-electron chi connectivity index (χ2n) is 16.2. The molecule has 0 heterocycles. The first-order valence-electron chi connectivity index (χ1n) is 16.5. The summed E-state index contributed by atoms with van der Waals surface area (Å²) in [6.45, 7) is 18.8. The number of carbonyl (C=O) groups excluding carboxylic acids is 2. The minimum absolute atomic E-state index is 0.0569. The van der Waals surface area contributed by atoms with E-state index in [0.717, 1.165) is 57.8 Å². The van der Waals surface area contributed by atoms with Crippen LogP contribution in [0.3, 0.4) is 0 Å². The Hall–Kier alpha value is -1.01. The average molecular weight is 607 g/mol. The zero-order valence-corrected chi connectivity index (χ0v) is 27.8. The number of hydrogen-bond donors (Lipinski definition) is 2. The molecule has 5 aliphatic rings. The molecule has 0 aromatic heterocycles. The summed E-state index contributed by atoms with van der Waals surface area (Å²) in [5, 5.41) is 0. The smallest absolute Gasteiger partial charge is 0.465 e. The summed E-state index contributed by atoms with van der Waals surface area (Å²) < 4.78 is 21.4. The number of esters is 1. The molecule has 0 aromatic rings. The van der Waals surface area contributed by atoms with Crippen LogP contribution in [-0.4, -0.2) is 34.8 Å². The van der Waals surface area contributed by atoms with Crippen molar-refractivity contribution in [1.82, 2.24) is 0 Å². The number of unbranched alkanes of at least 4 members (excludes halogenated alkanes) is 1. The van der Waals surface area contributed by atoms with Gasteiger partial charge in [-0.2, -0.15) is 0 Å². The van der Waals surface area contributed by atoms with E-state index in [1.807, 2.05) is 0 Å². The molecule has 0 radical (unpaired) electrons. The van der Waals surface area contributed by atoms with Crippen LogP contribution < -0.4 is 0 Å². The van der Waals surface area contributed by atoms with Crippen LogP contribution in [0.25, 0.3) is 0 Å². The van der Waals surface area contributed by atoms with Gasteiger partial charge in [0.1, 0.15) is 5.78 Å². The van der Waals surface area contributed by atoms with E-state index in [0.29, 0.717) is 48.7 Å². The lowest BCUT2D eigenvalue weighted by molar-refractivity contribution is -0.236. The van der Waals surface area contributed by atoms with E-state index >= 15 is 0 Å². The molecule has 0 aromatic carbocycles. The Balaban J connectivity index is 1.39. The molecule has 2 N–H and O–H groups in total. The van der Waals surface area contributed by atoms with Crippen molar-refractivity contribution in [3.8, 4) is 0 Å². The number of allylic oxidation sites excluding steroid dienone is 1. The lowest BCUT2D eigenvalue weighted by Crippen LogP contribution is -2.66. The number of ketones is 1. The van der Waals surface area contributed by atoms with E-state index in [-0.39, 0.29) is 46.8 Å². The Bertz CT molecular complexity index is 1160. The van der Waals surface area contributed by atoms with Gasteiger partial charge in [-0.1, -0.05) is 46.8 Å². The van der Waals surface area contributed by atoms with Crippen molar-refractivity contribution in [1.29, 1.82) is 0 Å². The van der Waals surface area contributed by atoms with E-state index in [4.69, 9.17) is 14.5 Å². The normalized spacial score (nSPS) is 44.4. The topological polar surface area (TPSA) is 110 Å². The van der Waals surface area contributed by atoms with Gasteiger partial charge in [-0.3, -0.25) is 14.1 Å². The predicted molar refractivity (Wildman–Crippen MR) is 162 cm³/mol. The van der Waals surface area contributed by atoms with Gasteiger partial charge in [0.15, 0.2) is 0 Å². The third-order valence-electron chi connectivity index (χ3n) is 14.3. The molecule has 8 heteroatoms. The molecule has 238 valence electrons. The molecule has 0 amide bonds. The first-order valence-corrected chi connectivity index (χ1v) is 18.0. The number of phosphoric acid groups is 1. The van der Waals surface area contributed by atoms with Crippen LogP contribution in [0.2, 0.25) is 0 Å².